The normalized spacial score (nSPS) is 10.3. The van der Waals surface area contributed by atoms with Gasteiger partial charge in [-0.1, -0.05) is 0 Å². The Kier molecular flexibility index (Phi) is 4.61. The van der Waals surface area contributed by atoms with Gasteiger partial charge in [0.1, 0.15) is 17.8 Å². The Labute approximate surface area is 116 Å². The van der Waals surface area contributed by atoms with E-state index in [0.29, 0.717) is 30.1 Å². The van der Waals surface area contributed by atoms with Gasteiger partial charge < -0.3 is 15.4 Å². The van der Waals surface area contributed by atoms with Crippen LogP contribution in [0, 0.1) is 0 Å². The summed E-state index contributed by atoms with van der Waals surface area (Å²) < 4.78 is 6.73. The summed E-state index contributed by atoms with van der Waals surface area (Å²) >= 11 is 0. The van der Waals surface area contributed by atoms with Gasteiger partial charge in [0.25, 0.3) is 0 Å². The lowest BCUT2D eigenvalue weighted by atomic mass is 10.2. The number of tetrazole rings is 1. The first-order valence-corrected chi connectivity index (χ1v) is 6.10. The molecule has 8 heteroatoms. The largest absolute Gasteiger partial charge is 0.494 e. The minimum atomic E-state index is -0.0628. The second-order valence-corrected chi connectivity index (χ2v) is 4.04. The lowest BCUT2D eigenvalue weighted by Gasteiger charge is -2.10. The van der Waals surface area contributed by atoms with Gasteiger partial charge in [0, 0.05) is 18.7 Å². The molecule has 0 aliphatic heterocycles. The molecule has 1 aromatic heterocycles. The summed E-state index contributed by atoms with van der Waals surface area (Å²) in [5.74, 6) is 0.553. The van der Waals surface area contributed by atoms with Crippen LogP contribution in [0.25, 0.3) is 5.69 Å². The molecule has 0 fully saturated rings. The van der Waals surface area contributed by atoms with Crippen molar-refractivity contribution in [3.05, 3.63) is 24.5 Å². The van der Waals surface area contributed by atoms with E-state index in [-0.39, 0.29) is 5.91 Å². The van der Waals surface area contributed by atoms with E-state index >= 15 is 0 Å². The van der Waals surface area contributed by atoms with Crippen molar-refractivity contribution in [2.75, 3.05) is 26.0 Å². The van der Waals surface area contributed by atoms with Crippen LogP contribution < -0.4 is 15.4 Å². The topological polar surface area (TPSA) is 94.0 Å². The molecule has 0 bridgehead atoms. The zero-order valence-electron chi connectivity index (χ0n) is 11.3. The van der Waals surface area contributed by atoms with Gasteiger partial charge in [-0.25, -0.2) is 0 Å². The first-order chi connectivity index (χ1) is 9.74. The number of amides is 1. The first-order valence-electron chi connectivity index (χ1n) is 6.10. The van der Waals surface area contributed by atoms with Gasteiger partial charge in [-0.2, -0.15) is 4.68 Å². The third-order valence-corrected chi connectivity index (χ3v) is 2.66. The zero-order valence-corrected chi connectivity index (χ0v) is 11.3. The van der Waals surface area contributed by atoms with Crippen molar-refractivity contribution in [1.82, 2.24) is 25.5 Å². The van der Waals surface area contributed by atoms with Crippen LogP contribution in [0.4, 0.5) is 5.69 Å². The summed E-state index contributed by atoms with van der Waals surface area (Å²) in [5.41, 5.74) is 1.32. The van der Waals surface area contributed by atoms with Gasteiger partial charge in [0.15, 0.2) is 0 Å². The molecule has 0 saturated heterocycles. The molecule has 20 heavy (non-hydrogen) atoms. The van der Waals surface area contributed by atoms with Gasteiger partial charge in [0.05, 0.1) is 7.11 Å². The number of hydrogen-bond acceptors (Lipinski definition) is 6. The Hall–Kier alpha value is -2.48. The Morgan fingerprint density at radius 3 is 2.95 bits per heavy atom. The first kappa shape index (κ1) is 13.9. The highest BCUT2D eigenvalue weighted by Gasteiger charge is 2.09. The average molecular weight is 276 g/mol. The van der Waals surface area contributed by atoms with Crippen molar-refractivity contribution in [2.45, 2.75) is 6.42 Å². The maximum Gasteiger partial charge on any atom is 0.225 e. The fourth-order valence-electron chi connectivity index (χ4n) is 1.68. The molecule has 2 aromatic rings. The van der Waals surface area contributed by atoms with E-state index in [4.69, 9.17) is 4.74 Å². The van der Waals surface area contributed by atoms with Crippen molar-refractivity contribution in [3.63, 3.8) is 0 Å². The number of methoxy groups -OCH3 is 1. The smallest absolute Gasteiger partial charge is 0.225 e. The minimum Gasteiger partial charge on any atom is -0.494 e. The van der Waals surface area contributed by atoms with Gasteiger partial charge in [-0.15, -0.1) is 5.10 Å². The Balaban J connectivity index is 2.20. The van der Waals surface area contributed by atoms with Crippen LogP contribution in [-0.4, -0.2) is 46.8 Å². The maximum absolute atomic E-state index is 11.7. The highest BCUT2D eigenvalue weighted by Crippen LogP contribution is 2.25. The molecule has 2 rings (SSSR count). The van der Waals surface area contributed by atoms with Crippen LogP contribution in [0.2, 0.25) is 0 Å². The number of hydrogen-bond donors (Lipinski definition) is 2. The van der Waals surface area contributed by atoms with Crippen molar-refractivity contribution in [1.29, 1.82) is 0 Å². The van der Waals surface area contributed by atoms with Gasteiger partial charge in [0.2, 0.25) is 5.91 Å². The average Bonchev–Trinajstić information content (AvgIpc) is 2.99. The Bertz CT molecular complexity index is 569. The number of aromatic nitrogens is 4. The molecule has 0 unspecified atom stereocenters. The zero-order chi connectivity index (χ0) is 14.4. The summed E-state index contributed by atoms with van der Waals surface area (Å²) in [6.45, 7) is 0.627. The summed E-state index contributed by atoms with van der Waals surface area (Å²) in [7, 11) is 3.37. The Morgan fingerprint density at radius 2 is 2.30 bits per heavy atom. The molecule has 0 atom stereocenters. The monoisotopic (exact) mass is 276 g/mol. The van der Waals surface area contributed by atoms with Gasteiger partial charge in [-0.3, -0.25) is 4.79 Å². The van der Waals surface area contributed by atoms with E-state index in [1.807, 2.05) is 0 Å². The Morgan fingerprint density at radius 1 is 1.45 bits per heavy atom. The molecular weight excluding hydrogens is 260 g/mol. The number of rotatable bonds is 6. The third kappa shape index (κ3) is 3.29. The molecular formula is C12H16N6O2. The van der Waals surface area contributed by atoms with Crippen LogP contribution in [0.15, 0.2) is 24.5 Å². The lowest BCUT2D eigenvalue weighted by Crippen LogP contribution is -2.18. The second kappa shape index (κ2) is 6.62. The van der Waals surface area contributed by atoms with Crippen LogP contribution >= 0.6 is 0 Å². The highest BCUT2D eigenvalue weighted by atomic mass is 16.5. The fraction of sp³-hybridized carbons (Fsp3) is 0.333. The number of carbonyl (C=O) groups is 1. The molecule has 1 heterocycles. The fourth-order valence-corrected chi connectivity index (χ4v) is 1.68. The number of carbonyl (C=O) groups excluding carboxylic acids is 1. The van der Waals surface area contributed by atoms with Crippen molar-refractivity contribution < 1.29 is 9.53 Å². The highest BCUT2D eigenvalue weighted by molar-refractivity contribution is 5.91. The van der Waals surface area contributed by atoms with Crippen molar-refractivity contribution >= 4 is 11.6 Å². The van der Waals surface area contributed by atoms with E-state index in [1.54, 1.807) is 32.4 Å². The van der Waals surface area contributed by atoms with Gasteiger partial charge in [-0.05, 0) is 35.7 Å². The van der Waals surface area contributed by atoms with E-state index in [0.717, 1.165) is 0 Å². The number of anilines is 1. The number of nitrogens with one attached hydrogen (secondary N) is 2. The quantitative estimate of drug-likeness (QED) is 0.784. The summed E-state index contributed by atoms with van der Waals surface area (Å²) in [5, 5.41) is 16.7. The molecule has 0 spiro atoms. The number of benzene rings is 1. The minimum absolute atomic E-state index is 0.0628. The van der Waals surface area contributed by atoms with Crippen LogP contribution in [0.3, 0.4) is 0 Å². The SMILES string of the molecule is CNCCC(=O)Nc1ccc(OC)c(-n2cnnn2)c1. The van der Waals surface area contributed by atoms with E-state index < -0.39 is 0 Å². The summed E-state index contributed by atoms with van der Waals surface area (Å²) in [6, 6.07) is 5.28. The molecule has 1 amide bonds. The van der Waals surface area contributed by atoms with Crippen LogP contribution in [0.5, 0.6) is 5.75 Å². The maximum atomic E-state index is 11.7. The van der Waals surface area contributed by atoms with E-state index in [9.17, 15) is 4.79 Å². The summed E-state index contributed by atoms with van der Waals surface area (Å²) in [4.78, 5) is 11.7. The van der Waals surface area contributed by atoms with E-state index in [1.165, 1.54) is 11.0 Å². The van der Waals surface area contributed by atoms with Crippen molar-refractivity contribution in [3.8, 4) is 11.4 Å². The second-order valence-electron chi connectivity index (χ2n) is 4.04. The standard InChI is InChI=1S/C12H16N6O2/c1-13-6-5-12(19)15-9-3-4-11(20-2)10(7-9)18-8-14-16-17-18/h3-4,7-8,13H,5-6H2,1-2H3,(H,15,19). The van der Waals surface area contributed by atoms with E-state index in [2.05, 4.69) is 26.2 Å². The summed E-state index contributed by atoms with van der Waals surface area (Å²) in [6.07, 6.45) is 1.87. The number of nitrogens with zero attached hydrogens (tertiary/aromatic N) is 4. The lowest BCUT2D eigenvalue weighted by molar-refractivity contribution is -0.116. The molecule has 0 aliphatic rings. The van der Waals surface area contributed by atoms with Crippen LogP contribution in [-0.2, 0) is 4.79 Å². The predicted molar refractivity (Wildman–Crippen MR) is 72.9 cm³/mol. The molecule has 0 radical (unpaired) electrons. The molecule has 1 aromatic carbocycles. The third-order valence-electron chi connectivity index (χ3n) is 2.66. The molecule has 0 saturated carbocycles. The van der Waals surface area contributed by atoms with Crippen molar-refractivity contribution in [2.24, 2.45) is 0 Å². The number of ether oxygens (including phenoxy) is 1. The van der Waals surface area contributed by atoms with Gasteiger partial charge >= 0.3 is 0 Å². The predicted octanol–water partition coefficient (Wildman–Crippen LogP) is 0.219. The molecule has 2 N–H and O–H groups in total. The molecule has 106 valence electrons. The van der Waals surface area contributed by atoms with Crippen LogP contribution in [0.1, 0.15) is 6.42 Å². The molecule has 8 nitrogen and oxygen atoms in total. The molecule has 0 aliphatic carbocycles.